The second kappa shape index (κ2) is 13.6. The number of halogens is 1. The van der Waals surface area contributed by atoms with Crippen LogP contribution in [-0.2, 0) is 4.79 Å². The average molecular weight is 512 g/mol. The lowest BCUT2D eigenvalue weighted by molar-refractivity contribution is -0.114. The van der Waals surface area contributed by atoms with E-state index in [1.165, 1.54) is 6.92 Å². The zero-order valence-corrected chi connectivity index (χ0v) is 19.4. The van der Waals surface area contributed by atoms with Gasteiger partial charge in [-0.1, -0.05) is 24.3 Å². The third kappa shape index (κ3) is 9.51. The molecule has 0 aliphatic carbocycles. The van der Waals surface area contributed by atoms with Gasteiger partial charge in [0.25, 0.3) is 0 Å². The normalized spacial score (nSPS) is 10.5. The molecule has 0 fully saturated rings. The van der Waals surface area contributed by atoms with Gasteiger partial charge in [0.15, 0.2) is 5.96 Å². The average Bonchev–Trinajstić information content (AvgIpc) is 2.68. The number of amides is 1. The van der Waals surface area contributed by atoms with E-state index in [0.29, 0.717) is 37.7 Å². The Bertz CT molecular complexity index is 772. The predicted octanol–water partition coefficient (Wildman–Crippen LogP) is 3.23. The van der Waals surface area contributed by atoms with Gasteiger partial charge in [-0.2, -0.15) is 0 Å². The summed E-state index contributed by atoms with van der Waals surface area (Å²) in [4.78, 5) is 17.4. The van der Waals surface area contributed by atoms with Gasteiger partial charge in [0.2, 0.25) is 5.91 Å². The van der Waals surface area contributed by atoms with Crippen LogP contribution in [0.15, 0.2) is 59.6 Å². The summed E-state index contributed by atoms with van der Waals surface area (Å²) in [7, 11) is 3.70. The van der Waals surface area contributed by atoms with Crippen molar-refractivity contribution in [2.45, 2.75) is 6.92 Å². The number of benzene rings is 2. The van der Waals surface area contributed by atoms with E-state index >= 15 is 0 Å². The second-order valence-corrected chi connectivity index (χ2v) is 6.11. The van der Waals surface area contributed by atoms with Crippen LogP contribution in [-0.4, -0.2) is 57.2 Å². The van der Waals surface area contributed by atoms with Crippen molar-refractivity contribution in [2.75, 3.05) is 45.7 Å². The van der Waals surface area contributed by atoms with Crippen LogP contribution in [0.4, 0.5) is 5.69 Å². The number of likely N-dealkylation sites (N-methyl/N-ethyl adjacent to an activating group) is 1. The molecule has 8 heteroatoms. The fourth-order valence-electron chi connectivity index (χ4n) is 2.51. The van der Waals surface area contributed by atoms with Crippen LogP contribution in [0.2, 0.25) is 0 Å². The Labute approximate surface area is 189 Å². The molecule has 0 aliphatic rings. The van der Waals surface area contributed by atoms with E-state index in [1.807, 2.05) is 60.5 Å². The second-order valence-electron chi connectivity index (χ2n) is 6.11. The number of para-hydroxylation sites is 1. The zero-order valence-electron chi connectivity index (χ0n) is 17.1. The van der Waals surface area contributed by atoms with Crippen LogP contribution in [0.1, 0.15) is 6.92 Å². The summed E-state index contributed by atoms with van der Waals surface area (Å²) in [6.07, 6.45) is 0. The molecule has 29 heavy (non-hydrogen) atoms. The molecule has 0 spiro atoms. The predicted molar refractivity (Wildman–Crippen MR) is 128 cm³/mol. The molecule has 2 aromatic carbocycles. The molecule has 2 N–H and O–H groups in total. The standard InChI is InChI=1S/C21H28N4O3.HI/c1-17(26)24-18-8-7-11-20(16-18)27-14-12-23-21(22-2)25(3)13-15-28-19-9-5-4-6-10-19;/h4-11,16H,12-15H2,1-3H3,(H,22,23)(H,24,26);1H. The highest BCUT2D eigenvalue weighted by atomic mass is 127. The number of anilines is 1. The van der Waals surface area contributed by atoms with E-state index in [-0.39, 0.29) is 29.9 Å². The van der Waals surface area contributed by atoms with Gasteiger partial charge < -0.3 is 25.0 Å². The fraction of sp³-hybridized carbons (Fsp3) is 0.333. The molecule has 0 atom stereocenters. The van der Waals surface area contributed by atoms with Gasteiger partial charge in [0.1, 0.15) is 24.7 Å². The third-order valence-corrected chi connectivity index (χ3v) is 3.82. The Kier molecular flexibility index (Phi) is 11.6. The van der Waals surface area contributed by atoms with Crippen molar-refractivity contribution in [1.82, 2.24) is 10.2 Å². The lowest BCUT2D eigenvalue weighted by atomic mass is 10.3. The maximum absolute atomic E-state index is 11.1. The van der Waals surface area contributed by atoms with Crippen molar-refractivity contribution >= 4 is 41.5 Å². The molecule has 2 aromatic rings. The molecular weight excluding hydrogens is 483 g/mol. The molecule has 0 unspecified atom stereocenters. The smallest absolute Gasteiger partial charge is 0.221 e. The minimum absolute atomic E-state index is 0. The summed E-state index contributed by atoms with van der Waals surface area (Å²) < 4.78 is 11.4. The largest absolute Gasteiger partial charge is 0.492 e. The summed E-state index contributed by atoms with van der Waals surface area (Å²) in [5, 5.41) is 6.00. The first-order valence-electron chi connectivity index (χ1n) is 9.18. The van der Waals surface area contributed by atoms with Gasteiger partial charge in [-0.25, -0.2) is 0 Å². The molecule has 0 radical (unpaired) electrons. The molecular formula is C21H29IN4O3. The lowest BCUT2D eigenvalue weighted by Crippen LogP contribution is -2.42. The first kappa shape index (κ1) is 24.5. The van der Waals surface area contributed by atoms with Gasteiger partial charge in [-0.05, 0) is 24.3 Å². The van der Waals surface area contributed by atoms with Crippen molar-refractivity contribution in [3.8, 4) is 11.5 Å². The number of nitrogens with zero attached hydrogens (tertiary/aromatic N) is 2. The Morgan fingerprint density at radius 1 is 1.03 bits per heavy atom. The first-order chi connectivity index (χ1) is 13.6. The van der Waals surface area contributed by atoms with Gasteiger partial charge in [0.05, 0.1) is 13.1 Å². The van der Waals surface area contributed by atoms with E-state index in [0.717, 1.165) is 11.7 Å². The Morgan fingerprint density at radius 2 is 1.72 bits per heavy atom. The van der Waals surface area contributed by atoms with Gasteiger partial charge in [-0.15, -0.1) is 24.0 Å². The van der Waals surface area contributed by atoms with Crippen molar-refractivity contribution in [1.29, 1.82) is 0 Å². The van der Waals surface area contributed by atoms with Crippen molar-refractivity contribution in [3.63, 3.8) is 0 Å². The Morgan fingerprint density at radius 3 is 2.41 bits per heavy atom. The molecule has 0 bridgehead atoms. The third-order valence-electron chi connectivity index (χ3n) is 3.82. The van der Waals surface area contributed by atoms with Gasteiger partial charge in [0, 0.05) is 32.8 Å². The van der Waals surface area contributed by atoms with E-state index in [9.17, 15) is 4.79 Å². The number of ether oxygens (including phenoxy) is 2. The maximum Gasteiger partial charge on any atom is 0.221 e. The molecule has 0 aliphatic heterocycles. The number of nitrogens with one attached hydrogen (secondary N) is 2. The monoisotopic (exact) mass is 512 g/mol. The molecule has 0 aromatic heterocycles. The highest BCUT2D eigenvalue weighted by Crippen LogP contribution is 2.17. The van der Waals surface area contributed by atoms with Crippen LogP contribution in [0.5, 0.6) is 11.5 Å². The van der Waals surface area contributed by atoms with Gasteiger partial charge in [-0.3, -0.25) is 9.79 Å². The molecule has 7 nitrogen and oxygen atoms in total. The van der Waals surface area contributed by atoms with E-state index in [2.05, 4.69) is 15.6 Å². The summed E-state index contributed by atoms with van der Waals surface area (Å²) >= 11 is 0. The highest BCUT2D eigenvalue weighted by molar-refractivity contribution is 14.0. The number of aliphatic imine (C=N–C) groups is 1. The number of carbonyl (C=O) groups is 1. The summed E-state index contributed by atoms with van der Waals surface area (Å²) in [5.41, 5.74) is 0.715. The minimum Gasteiger partial charge on any atom is -0.492 e. The molecule has 0 saturated heterocycles. The van der Waals surface area contributed by atoms with Gasteiger partial charge >= 0.3 is 0 Å². The van der Waals surface area contributed by atoms with Crippen LogP contribution < -0.4 is 20.1 Å². The van der Waals surface area contributed by atoms with E-state index < -0.39 is 0 Å². The molecule has 158 valence electrons. The fourth-order valence-corrected chi connectivity index (χ4v) is 2.51. The molecule has 0 heterocycles. The lowest BCUT2D eigenvalue weighted by Gasteiger charge is -2.22. The van der Waals surface area contributed by atoms with Crippen LogP contribution in [0.25, 0.3) is 0 Å². The number of hydrogen-bond acceptors (Lipinski definition) is 4. The molecule has 2 rings (SSSR count). The highest BCUT2D eigenvalue weighted by Gasteiger charge is 2.06. The molecule has 0 saturated carbocycles. The summed E-state index contributed by atoms with van der Waals surface area (Å²) in [6, 6.07) is 17.0. The van der Waals surface area contributed by atoms with Crippen LogP contribution in [0.3, 0.4) is 0 Å². The number of rotatable bonds is 9. The summed E-state index contributed by atoms with van der Waals surface area (Å²) in [6.45, 7) is 3.81. The summed E-state index contributed by atoms with van der Waals surface area (Å²) in [5.74, 6) is 2.22. The topological polar surface area (TPSA) is 75.2 Å². The van der Waals surface area contributed by atoms with Crippen molar-refractivity contribution in [3.05, 3.63) is 54.6 Å². The number of hydrogen-bond donors (Lipinski definition) is 2. The number of carbonyl (C=O) groups excluding carboxylic acids is 1. The Balaban J connectivity index is 0.00000420. The van der Waals surface area contributed by atoms with Crippen molar-refractivity contribution in [2.24, 2.45) is 4.99 Å². The van der Waals surface area contributed by atoms with E-state index in [4.69, 9.17) is 9.47 Å². The number of guanidine groups is 1. The Hall–Kier alpha value is -2.49. The minimum atomic E-state index is -0.109. The first-order valence-corrected chi connectivity index (χ1v) is 9.18. The molecule has 1 amide bonds. The maximum atomic E-state index is 11.1. The SMILES string of the molecule is CN=C(NCCOc1cccc(NC(C)=O)c1)N(C)CCOc1ccccc1.I. The van der Waals surface area contributed by atoms with Crippen LogP contribution in [0, 0.1) is 0 Å². The quantitative estimate of drug-likeness (QED) is 0.234. The van der Waals surface area contributed by atoms with E-state index in [1.54, 1.807) is 13.1 Å². The van der Waals surface area contributed by atoms with Crippen molar-refractivity contribution < 1.29 is 14.3 Å². The zero-order chi connectivity index (χ0) is 20.2. The van der Waals surface area contributed by atoms with Crippen LogP contribution >= 0.6 is 24.0 Å².